The van der Waals surface area contributed by atoms with Crippen molar-refractivity contribution in [3.05, 3.63) is 35.4 Å². The number of hydrogen-bond donors (Lipinski definition) is 1. The topological polar surface area (TPSA) is 70.1 Å². The number of ether oxygens (including phenoxy) is 1. The first-order valence-corrected chi connectivity index (χ1v) is 8.77. The summed E-state index contributed by atoms with van der Waals surface area (Å²) in [4.78, 5) is 27.3. The lowest BCUT2D eigenvalue weighted by Gasteiger charge is -2.40. The number of carboxylic acids is 1. The SMILES string of the molecule is O=C(O)C1CC(c2cccc(C(F)(F)F)c2)CN(C(=O)N2CCOCC2)C1. The fourth-order valence-electron chi connectivity index (χ4n) is 3.60. The van der Waals surface area contributed by atoms with Gasteiger partial charge < -0.3 is 19.6 Å². The van der Waals surface area contributed by atoms with Gasteiger partial charge in [0.2, 0.25) is 0 Å². The summed E-state index contributed by atoms with van der Waals surface area (Å²) in [6.07, 6.45) is -4.27. The predicted molar refractivity (Wildman–Crippen MR) is 89.3 cm³/mol. The van der Waals surface area contributed by atoms with Crippen LogP contribution in [0.3, 0.4) is 0 Å². The number of hydrogen-bond acceptors (Lipinski definition) is 3. The van der Waals surface area contributed by atoms with Crippen LogP contribution in [0.5, 0.6) is 0 Å². The maximum Gasteiger partial charge on any atom is 0.416 e. The van der Waals surface area contributed by atoms with Crippen LogP contribution in [0.25, 0.3) is 0 Å². The molecule has 2 aliphatic rings. The molecule has 9 heteroatoms. The molecule has 0 spiro atoms. The van der Waals surface area contributed by atoms with Crippen LogP contribution in [0.15, 0.2) is 24.3 Å². The third-order valence-electron chi connectivity index (χ3n) is 5.04. The van der Waals surface area contributed by atoms with Crippen molar-refractivity contribution in [1.29, 1.82) is 0 Å². The van der Waals surface area contributed by atoms with Gasteiger partial charge in [0.1, 0.15) is 0 Å². The van der Waals surface area contributed by atoms with Crippen molar-refractivity contribution < 1.29 is 32.6 Å². The zero-order valence-electron chi connectivity index (χ0n) is 14.6. The van der Waals surface area contributed by atoms with Crippen molar-refractivity contribution in [3.8, 4) is 0 Å². The third-order valence-corrected chi connectivity index (χ3v) is 5.04. The summed E-state index contributed by atoms with van der Waals surface area (Å²) in [7, 11) is 0. The number of alkyl halides is 3. The highest BCUT2D eigenvalue weighted by Gasteiger charge is 2.37. The number of halogens is 3. The molecule has 0 saturated carbocycles. The van der Waals surface area contributed by atoms with Gasteiger partial charge in [0.25, 0.3) is 0 Å². The molecule has 2 heterocycles. The molecular formula is C18H21F3N2O4. The van der Waals surface area contributed by atoms with Crippen molar-refractivity contribution in [2.75, 3.05) is 39.4 Å². The number of rotatable bonds is 2. The number of morpholine rings is 1. The Labute approximate surface area is 154 Å². The van der Waals surface area contributed by atoms with E-state index in [-0.39, 0.29) is 25.5 Å². The molecular weight excluding hydrogens is 365 g/mol. The van der Waals surface area contributed by atoms with E-state index in [1.54, 1.807) is 11.0 Å². The summed E-state index contributed by atoms with van der Waals surface area (Å²) < 4.78 is 44.3. The lowest BCUT2D eigenvalue weighted by Crippen LogP contribution is -2.53. The normalized spacial score (nSPS) is 24.0. The molecule has 2 unspecified atom stereocenters. The number of nitrogens with zero attached hydrogens (tertiary/aromatic N) is 2. The smallest absolute Gasteiger partial charge is 0.416 e. The number of aliphatic carboxylic acids is 1. The van der Waals surface area contributed by atoms with Crippen LogP contribution >= 0.6 is 0 Å². The number of benzene rings is 1. The number of carbonyl (C=O) groups excluding carboxylic acids is 1. The van der Waals surface area contributed by atoms with E-state index in [1.807, 2.05) is 0 Å². The fraction of sp³-hybridized carbons (Fsp3) is 0.556. The lowest BCUT2D eigenvalue weighted by atomic mass is 9.84. The fourth-order valence-corrected chi connectivity index (χ4v) is 3.60. The van der Waals surface area contributed by atoms with Crippen molar-refractivity contribution in [2.24, 2.45) is 5.92 Å². The highest BCUT2D eigenvalue weighted by atomic mass is 19.4. The van der Waals surface area contributed by atoms with Crippen LogP contribution in [0.1, 0.15) is 23.5 Å². The minimum absolute atomic E-state index is 0.0565. The molecule has 1 aromatic carbocycles. The summed E-state index contributed by atoms with van der Waals surface area (Å²) in [5.41, 5.74) is -0.376. The standard InChI is InChI=1S/C18H21F3N2O4/c19-18(20,21)15-3-1-2-12(9-15)13-8-14(16(24)25)11-23(10-13)17(26)22-4-6-27-7-5-22/h1-3,9,13-14H,4-8,10-11H2,(H,24,25). The van der Waals surface area contributed by atoms with Crippen molar-refractivity contribution in [1.82, 2.24) is 9.80 Å². The largest absolute Gasteiger partial charge is 0.481 e. The Balaban J connectivity index is 1.82. The quantitative estimate of drug-likeness (QED) is 0.849. The van der Waals surface area contributed by atoms with E-state index in [0.29, 0.717) is 31.9 Å². The molecule has 0 aliphatic carbocycles. The molecule has 27 heavy (non-hydrogen) atoms. The van der Waals surface area contributed by atoms with Gasteiger partial charge in [0.05, 0.1) is 24.7 Å². The first-order chi connectivity index (χ1) is 12.8. The zero-order valence-corrected chi connectivity index (χ0v) is 14.6. The van der Waals surface area contributed by atoms with Gasteiger partial charge in [0, 0.05) is 32.1 Å². The Morgan fingerprint density at radius 1 is 1.11 bits per heavy atom. The Bertz CT molecular complexity index is 704. The Morgan fingerprint density at radius 2 is 1.81 bits per heavy atom. The number of urea groups is 1. The second kappa shape index (κ2) is 7.75. The van der Waals surface area contributed by atoms with E-state index in [0.717, 1.165) is 12.1 Å². The number of carboxylic acid groups (broad SMARTS) is 1. The van der Waals surface area contributed by atoms with E-state index in [2.05, 4.69) is 0 Å². The molecule has 6 nitrogen and oxygen atoms in total. The van der Waals surface area contributed by atoms with Crippen LogP contribution in [0, 0.1) is 5.92 Å². The minimum Gasteiger partial charge on any atom is -0.481 e. The second-order valence-electron chi connectivity index (χ2n) is 6.88. The average Bonchev–Trinajstić information content (AvgIpc) is 2.67. The molecule has 0 radical (unpaired) electrons. The first kappa shape index (κ1) is 19.5. The number of piperidine rings is 1. The summed E-state index contributed by atoms with van der Waals surface area (Å²) >= 11 is 0. The molecule has 3 rings (SSSR count). The van der Waals surface area contributed by atoms with Crippen molar-refractivity contribution >= 4 is 12.0 Å². The Morgan fingerprint density at radius 3 is 2.44 bits per heavy atom. The minimum atomic E-state index is -4.47. The third kappa shape index (κ3) is 4.52. The molecule has 2 amide bonds. The highest BCUT2D eigenvalue weighted by molar-refractivity contribution is 5.77. The van der Waals surface area contributed by atoms with E-state index in [1.165, 1.54) is 11.0 Å². The maximum absolute atomic E-state index is 13.0. The van der Waals surface area contributed by atoms with Crippen LogP contribution < -0.4 is 0 Å². The molecule has 0 aromatic heterocycles. The first-order valence-electron chi connectivity index (χ1n) is 8.77. The van der Waals surface area contributed by atoms with Gasteiger partial charge in [-0.05, 0) is 18.1 Å². The monoisotopic (exact) mass is 386 g/mol. The van der Waals surface area contributed by atoms with Gasteiger partial charge in [-0.15, -0.1) is 0 Å². The average molecular weight is 386 g/mol. The van der Waals surface area contributed by atoms with Crippen LogP contribution in [0.2, 0.25) is 0 Å². The van der Waals surface area contributed by atoms with Crippen molar-refractivity contribution in [2.45, 2.75) is 18.5 Å². The van der Waals surface area contributed by atoms with Crippen LogP contribution in [-0.2, 0) is 15.7 Å². The lowest BCUT2D eigenvalue weighted by molar-refractivity contribution is -0.143. The van der Waals surface area contributed by atoms with Gasteiger partial charge in [-0.1, -0.05) is 18.2 Å². The molecule has 2 saturated heterocycles. The van der Waals surface area contributed by atoms with Gasteiger partial charge in [0.15, 0.2) is 0 Å². The maximum atomic E-state index is 13.0. The van der Waals surface area contributed by atoms with E-state index in [9.17, 15) is 27.9 Å². The molecule has 2 aliphatic heterocycles. The van der Waals surface area contributed by atoms with E-state index in [4.69, 9.17) is 4.74 Å². The molecule has 148 valence electrons. The van der Waals surface area contributed by atoms with Crippen LogP contribution in [-0.4, -0.2) is 66.3 Å². The highest BCUT2D eigenvalue weighted by Crippen LogP contribution is 2.35. The molecule has 2 fully saturated rings. The van der Waals surface area contributed by atoms with Gasteiger partial charge in [-0.2, -0.15) is 13.2 Å². The van der Waals surface area contributed by atoms with Gasteiger partial charge in [-0.3, -0.25) is 4.79 Å². The number of amides is 2. The van der Waals surface area contributed by atoms with Gasteiger partial charge in [-0.25, -0.2) is 4.79 Å². The molecule has 1 aromatic rings. The van der Waals surface area contributed by atoms with E-state index < -0.39 is 29.5 Å². The number of carbonyl (C=O) groups is 2. The second-order valence-corrected chi connectivity index (χ2v) is 6.88. The zero-order chi connectivity index (χ0) is 19.6. The molecule has 2 atom stereocenters. The molecule has 0 bridgehead atoms. The molecule has 1 N–H and O–H groups in total. The summed E-state index contributed by atoms with van der Waals surface area (Å²) in [5.74, 6) is -2.33. The summed E-state index contributed by atoms with van der Waals surface area (Å²) in [6.45, 7) is 1.92. The van der Waals surface area contributed by atoms with E-state index >= 15 is 0 Å². The summed E-state index contributed by atoms with van der Waals surface area (Å²) in [6, 6.07) is 4.61. The van der Waals surface area contributed by atoms with Crippen molar-refractivity contribution in [3.63, 3.8) is 0 Å². The Kier molecular flexibility index (Phi) is 5.59. The number of likely N-dealkylation sites (tertiary alicyclic amines) is 1. The predicted octanol–water partition coefficient (Wildman–Crippen LogP) is 2.65. The van der Waals surface area contributed by atoms with Crippen LogP contribution in [0.4, 0.5) is 18.0 Å². The Hall–Kier alpha value is -2.29. The summed E-state index contributed by atoms with van der Waals surface area (Å²) in [5, 5.41) is 9.45. The van der Waals surface area contributed by atoms with Gasteiger partial charge >= 0.3 is 18.2 Å².